The van der Waals surface area contributed by atoms with Gasteiger partial charge < -0.3 is 14.8 Å². The summed E-state index contributed by atoms with van der Waals surface area (Å²) in [5, 5.41) is 13.0. The first-order valence-electron chi connectivity index (χ1n) is 5.08. The average molecular weight is 361 g/mol. The van der Waals surface area contributed by atoms with E-state index in [1.807, 2.05) is 18.2 Å². The number of furan rings is 1. The van der Waals surface area contributed by atoms with Gasteiger partial charge in [-0.1, -0.05) is 6.07 Å². The van der Waals surface area contributed by atoms with Crippen LogP contribution in [-0.2, 0) is 0 Å². The van der Waals surface area contributed by atoms with Crippen LogP contribution in [0.25, 0.3) is 0 Å². The minimum Gasteiger partial charge on any atom is -0.467 e. The number of para-hydroxylation sites is 1. The molecule has 3 nitrogen and oxygen atoms in total. The zero-order chi connectivity index (χ0) is 12.3. The fourth-order valence-corrected chi connectivity index (χ4v) is 2.73. The number of hydrogen-bond donors (Lipinski definition) is 2. The molecule has 0 radical (unpaired) electrons. The number of halogens is 2. The van der Waals surface area contributed by atoms with Gasteiger partial charge in [-0.2, -0.15) is 0 Å². The Bertz CT molecular complexity index is 465. The summed E-state index contributed by atoms with van der Waals surface area (Å²) in [5.41, 5.74) is 0.915. The maximum Gasteiger partial charge on any atom is 0.134 e. The Balaban J connectivity index is 2.03. The lowest BCUT2D eigenvalue weighted by molar-refractivity contribution is 0.162. The molecule has 90 valence electrons. The highest BCUT2D eigenvalue weighted by Crippen LogP contribution is 2.31. The van der Waals surface area contributed by atoms with E-state index in [0.717, 1.165) is 14.6 Å². The molecule has 2 rings (SSSR count). The van der Waals surface area contributed by atoms with Gasteiger partial charge in [-0.3, -0.25) is 0 Å². The maximum absolute atomic E-state index is 9.87. The van der Waals surface area contributed by atoms with E-state index in [-0.39, 0.29) is 0 Å². The molecule has 0 aliphatic carbocycles. The van der Waals surface area contributed by atoms with Crippen LogP contribution in [0.1, 0.15) is 11.9 Å². The van der Waals surface area contributed by atoms with Crippen molar-refractivity contribution in [3.8, 4) is 0 Å². The molecule has 0 aliphatic heterocycles. The molecule has 1 heterocycles. The summed E-state index contributed by atoms with van der Waals surface area (Å²) >= 11 is 6.90. The van der Waals surface area contributed by atoms with Crippen molar-refractivity contribution in [2.24, 2.45) is 0 Å². The van der Waals surface area contributed by atoms with Crippen LogP contribution in [0.5, 0.6) is 0 Å². The first-order chi connectivity index (χ1) is 8.18. The van der Waals surface area contributed by atoms with E-state index in [4.69, 9.17) is 4.42 Å². The van der Waals surface area contributed by atoms with Crippen LogP contribution in [-0.4, -0.2) is 11.7 Å². The van der Waals surface area contributed by atoms with Crippen molar-refractivity contribution in [3.63, 3.8) is 0 Å². The Hall–Kier alpha value is -0.780. The number of benzene rings is 1. The predicted molar refractivity (Wildman–Crippen MR) is 74.0 cm³/mol. The highest BCUT2D eigenvalue weighted by atomic mass is 79.9. The van der Waals surface area contributed by atoms with Crippen molar-refractivity contribution < 1.29 is 9.52 Å². The van der Waals surface area contributed by atoms with Gasteiger partial charge in [-0.05, 0) is 56.1 Å². The van der Waals surface area contributed by atoms with E-state index in [1.165, 1.54) is 0 Å². The molecule has 2 aromatic rings. The van der Waals surface area contributed by atoms with Crippen molar-refractivity contribution in [1.29, 1.82) is 0 Å². The van der Waals surface area contributed by atoms with Crippen LogP contribution in [0, 0.1) is 0 Å². The molecule has 2 N–H and O–H groups in total. The average Bonchev–Trinajstić information content (AvgIpc) is 2.81. The number of nitrogens with one attached hydrogen (secondary N) is 1. The maximum atomic E-state index is 9.87. The standard InChI is InChI=1S/C12H11Br2NO2/c13-8-3-1-4-9(14)12(8)15-7-10(16)11-5-2-6-17-11/h1-6,10,15-16H,7H2. The fourth-order valence-electron chi connectivity index (χ4n) is 1.45. The number of anilines is 1. The third kappa shape index (κ3) is 3.12. The molecular formula is C12H11Br2NO2. The van der Waals surface area contributed by atoms with Crippen LogP contribution >= 0.6 is 31.9 Å². The zero-order valence-corrected chi connectivity index (χ0v) is 12.0. The van der Waals surface area contributed by atoms with Gasteiger partial charge in [0.15, 0.2) is 0 Å². The molecule has 5 heteroatoms. The van der Waals surface area contributed by atoms with Gasteiger partial charge in [0.25, 0.3) is 0 Å². The largest absolute Gasteiger partial charge is 0.467 e. The molecule has 0 bridgehead atoms. The molecule has 0 spiro atoms. The second-order valence-electron chi connectivity index (χ2n) is 3.51. The fraction of sp³-hybridized carbons (Fsp3) is 0.167. The van der Waals surface area contributed by atoms with Gasteiger partial charge in [0.2, 0.25) is 0 Å². The second kappa shape index (κ2) is 5.71. The molecule has 0 aliphatic rings. The molecule has 1 aromatic heterocycles. The van der Waals surface area contributed by atoms with Crippen LogP contribution in [0.15, 0.2) is 50.0 Å². The third-order valence-electron chi connectivity index (χ3n) is 2.31. The molecule has 0 saturated heterocycles. The molecule has 0 fully saturated rings. The molecular weight excluding hydrogens is 350 g/mol. The van der Waals surface area contributed by atoms with Crippen molar-refractivity contribution in [3.05, 3.63) is 51.3 Å². The van der Waals surface area contributed by atoms with E-state index in [0.29, 0.717) is 12.3 Å². The minimum atomic E-state index is -0.663. The van der Waals surface area contributed by atoms with Crippen molar-refractivity contribution in [1.82, 2.24) is 0 Å². The Labute approximate surface area is 116 Å². The van der Waals surface area contributed by atoms with Crippen LogP contribution < -0.4 is 5.32 Å². The van der Waals surface area contributed by atoms with Crippen LogP contribution in [0.4, 0.5) is 5.69 Å². The van der Waals surface area contributed by atoms with Gasteiger partial charge in [0, 0.05) is 15.5 Å². The van der Waals surface area contributed by atoms with E-state index in [9.17, 15) is 5.11 Å². The van der Waals surface area contributed by atoms with E-state index < -0.39 is 6.10 Å². The molecule has 17 heavy (non-hydrogen) atoms. The number of aliphatic hydroxyl groups is 1. The summed E-state index contributed by atoms with van der Waals surface area (Å²) in [6.07, 6.45) is 0.886. The Morgan fingerprint density at radius 1 is 1.18 bits per heavy atom. The predicted octanol–water partition coefficient (Wildman–Crippen LogP) is 3.95. The summed E-state index contributed by atoms with van der Waals surface area (Å²) in [5.74, 6) is 0.556. The summed E-state index contributed by atoms with van der Waals surface area (Å²) in [4.78, 5) is 0. The Morgan fingerprint density at radius 2 is 1.88 bits per heavy atom. The summed E-state index contributed by atoms with van der Waals surface area (Å²) in [7, 11) is 0. The van der Waals surface area contributed by atoms with E-state index >= 15 is 0 Å². The summed E-state index contributed by atoms with van der Waals surface area (Å²) in [6.45, 7) is 0.384. The van der Waals surface area contributed by atoms with Crippen LogP contribution in [0.2, 0.25) is 0 Å². The topological polar surface area (TPSA) is 45.4 Å². The first-order valence-corrected chi connectivity index (χ1v) is 6.66. The van der Waals surface area contributed by atoms with Gasteiger partial charge in [0.1, 0.15) is 11.9 Å². The second-order valence-corrected chi connectivity index (χ2v) is 5.22. The number of hydrogen-bond acceptors (Lipinski definition) is 3. The highest BCUT2D eigenvalue weighted by molar-refractivity contribution is 9.11. The minimum absolute atomic E-state index is 0.384. The molecule has 0 amide bonds. The van der Waals surface area contributed by atoms with Crippen LogP contribution in [0.3, 0.4) is 0 Å². The smallest absolute Gasteiger partial charge is 0.134 e. The zero-order valence-electron chi connectivity index (χ0n) is 8.86. The van der Waals surface area contributed by atoms with E-state index in [1.54, 1.807) is 18.4 Å². The quantitative estimate of drug-likeness (QED) is 0.867. The van der Waals surface area contributed by atoms with E-state index in [2.05, 4.69) is 37.2 Å². The Kier molecular flexibility index (Phi) is 4.25. The summed E-state index contributed by atoms with van der Waals surface area (Å²) < 4.78 is 7.02. The molecule has 1 atom stereocenters. The Morgan fingerprint density at radius 3 is 2.47 bits per heavy atom. The SMILES string of the molecule is OC(CNc1c(Br)cccc1Br)c1ccco1. The van der Waals surface area contributed by atoms with Gasteiger partial charge in [-0.15, -0.1) is 0 Å². The lowest BCUT2D eigenvalue weighted by Gasteiger charge is -2.13. The van der Waals surface area contributed by atoms with Crippen molar-refractivity contribution in [2.75, 3.05) is 11.9 Å². The lowest BCUT2D eigenvalue weighted by atomic mass is 10.2. The third-order valence-corrected chi connectivity index (χ3v) is 3.63. The van der Waals surface area contributed by atoms with Gasteiger partial charge in [0.05, 0.1) is 12.0 Å². The lowest BCUT2D eigenvalue weighted by Crippen LogP contribution is -2.12. The van der Waals surface area contributed by atoms with Crippen molar-refractivity contribution >= 4 is 37.5 Å². The normalized spacial score (nSPS) is 12.4. The highest BCUT2D eigenvalue weighted by Gasteiger charge is 2.11. The number of rotatable bonds is 4. The van der Waals surface area contributed by atoms with Gasteiger partial charge >= 0.3 is 0 Å². The van der Waals surface area contributed by atoms with Crippen molar-refractivity contribution in [2.45, 2.75) is 6.10 Å². The summed E-state index contributed by atoms with van der Waals surface area (Å²) in [6, 6.07) is 9.31. The number of aliphatic hydroxyl groups excluding tert-OH is 1. The van der Waals surface area contributed by atoms with Gasteiger partial charge in [-0.25, -0.2) is 0 Å². The molecule has 0 saturated carbocycles. The monoisotopic (exact) mass is 359 g/mol. The first kappa shape index (κ1) is 12.7. The molecule has 1 unspecified atom stereocenters. The molecule has 1 aromatic carbocycles.